The largest absolute Gasteiger partial charge is 0.253 e. The number of aromatic nitrogens is 2. The summed E-state index contributed by atoms with van der Waals surface area (Å²) in [5, 5.41) is 2.80. The lowest BCUT2D eigenvalue weighted by Crippen LogP contribution is -1.91. The van der Waals surface area contributed by atoms with Crippen LogP contribution in [-0.2, 0) is 6.42 Å². The molecule has 0 bridgehead atoms. The van der Waals surface area contributed by atoms with Gasteiger partial charge in [0.1, 0.15) is 0 Å². The summed E-state index contributed by atoms with van der Waals surface area (Å²) in [5.41, 5.74) is 4.71. The molecule has 5 rings (SSSR count). The molecule has 0 saturated heterocycles. The Morgan fingerprint density at radius 1 is 0.696 bits per heavy atom. The minimum atomic E-state index is 0.949. The summed E-state index contributed by atoms with van der Waals surface area (Å²) in [4.78, 5) is 8.24. The van der Waals surface area contributed by atoms with Gasteiger partial charge in [-0.05, 0) is 40.5 Å². The molecule has 1 aliphatic carbocycles. The number of hydrogen-bond donors (Lipinski definition) is 0. The summed E-state index contributed by atoms with van der Waals surface area (Å²) in [5.74, 6) is 0. The van der Waals surface area contributed by atoms with Gasteiger partial charge in [-0.25, -0.2) is 0 Å². The molecule has 0 spiro atoms. The van der Waals surface area contributed by atoms with Crippen LogP contribution in [0.25, 0.3) is 27.9 Å². The van der Waals surface area contributed by atoms with Crippen LogP contribution >= 0.6 is 0 Å². The molecule has 0 radical (unpaired) electrons. The first-order valence-corrected chi connectivity index (χ1v) is 7.75. The second kappa shape index (κ2) is 6.01. The Labute approximate surface area is 135 Å². The molecule has 4 aromatic rings. The van der Waals surface area contributed by atoms with Gasteiger partial charge >= 0.3 is 0 Å². The van der Waals surface area contributed by atoms with Gasteiger partial charge in [0.25, 0.3) is 0 Å². The third kappa shape index (κ3) is 2.71. The minimum Gasteiger partial charge on any atom is -0.253 e. The summed E-state index contributed by atoms with van der Waals surface area (Å²) in [7, 11) is 0. The molecule has 1 aromatic heterocycles. The van der Waals surface area contributed by atoms with Gasteiger partial charge in [-0.15, -0.1) is 0 Å². The molecule has 0 amide bonds. The van der Waals surface area contributed by atoms with Crippen molar-refractivity contribution in [2.24, 2.45) is 0 Å². The third-order valence-corrected chi connectivity index (χ3v) is 4.03. The van der Waals surface area contributed by atoms with Crippen LogP contribution < -0.4 is 0 Å². The summed E-state index contributed by atoms with van der Waals surface area (Å²) in [6.07, 6.45) is 8.92. The zero-order valence-corrected chi connectivity index (χ0v) is 12.7. The molecule has 0 atom stereocenters. The second-order valence-corrected chi connectivity index (χ2v) is 5.51. The lowest BCUT2D eigenvalue weighted by atomic mass is 9.93. The van der Waals surface area contributed by atoms with Gasteiger partial charge < -0.3 is 0 Å². The van der Waals surface area contributed by atoms with Gasteiger partial charge in [0.15, 0.2) is 0 Å². The quantitative estimate of drug-likeness (QED) is 0.454. The van der Waals surface area contributed by atoms with E-state index in [2.05, 4.69) is 58.5 Å². The number of nitrogens with zero attached hydrogens (tertiary/aromatic N) is 2. The van der Waals surface area contributed by atoms with E-state index in [1.54, 1.807) is 12.4 Å². The normalized spacial score (nSPS) is 12.0. The maximum atomic E-state index is 4.12. The Bertz CT molecular complexity index is 932. The Morgan fingerprint density at radius 2 is 1.39 bits per heavy atom. The molecule has 3 aromatic carbocycles. The van der Waals surface area contributed by atoms with Crippen molar-refractivity contribution in [3.63, 3.8) is 0 Å². The van der Waals surface area contributed by atoms with E-state index in [0.29, 0.717) is 0 Å². The maximum absolute atomic E-state index is 4.12. The van der Waals surface area contributed by atoms with E-state index in [4.69, 9.17) is 0 Å². The zero-order valence-electron chi connectivity index (χ0n) is 12.7. The zero-order chi connectivity index (χ0) is 15.5. The predicted octanol–water partition coefficient (Wildman–Crippen LogP) is 5.04. The summed E-state index contributed by atoms with van der Waals surface area (Å²) < 4.78 is 0. The van der Waals surface area contributed by atoms with E-state index in [1.165, 1.54) is 21.9 Å². The molecule has 1 heterocycles. The number of para-hydroxylation sites is 2. The molecule has 0 unspecified atom stereocenters. The number of fused-ring (bicyclic) bond motifs is 1. The first-order valence-electron chi connectivity index (χ1n) is 7.75. The van der Waals surface area contributed by atoms with Crippen LogP contribution in [0, 0.1) is 0 Å². The fourth-order valence-corrected chi connectivity index (χ4v) is 2.98. The number of hydrogen-bond acceptors (Lipinski definition) is 2. The first kappa shape index (κ1) is 13.6. The van der Waals surface area contributed by atoms with Crippen molar-refractivity contribution in [2.45, 2.75) is 6.42 Å². The highest BCUT2D eigenvalue weighted by atomic mass is 14.8. The summed E-state index contributed by atoms with van der Waals surface area (Å²) in [6.45, 7) is 0. The maximum Gasteiger partial charge on any atom is 0.0886 e. The van der Waals surface area contributed by atoms with Crippen molar-refractivity contribution in [1.29, 1.82) is 0 Å². The smallest absolute Gasteiger partial charge is 0.0886 e. The molecule has 0 saturated carbocycles. The monoisotopic (exact) mass is 296 g/mol. The Morgan fingerprint density at radius 3 is 2.13 bits per heavy atom. The number of rotatable bonds is 0. The highest BCUT2D eigenvalue weighted by Gasteiger charge is 2.06. The fourth-order valence-electron chi connectivity index (χ4n) is 2.98. The van der Waals surface area contributed by atoms with Crippen LogP contribution in [0.1, 0.15) is 11.1 Å². The Balaban J connectivity index is 0.000000122. The van der Waals surface area contributed by atoms with Gasteiger partial charge in [0.05, 0.1) is 11.0 Å². The fraction of sp³-hybridized carbons (Fsp3) is 0.0476. The SMILES string of the molecule is C1=Cc2cccc3cccc(c23)C1.c1ccc2nccnc2c1. The molecule has 0 aliphatic heterocycles. The Kier molecular flexibility index (Phi) is 3.57. The molecule has 2 heteroatoms. The summed E-state index contributed by atoms with van der Waals surface area (Å²) in [6, 6.07) is 20.8. The van der Waals surface area contributed by atoms with Crippen molar-refractivity contribution >= 4 is 27.9 Å². The van der Waals surface area contributed by atoms with Crippen molar-refractivity contribution in [3.8, 4) is 0 Å². The second-order valence-electron chi connectivity index (χ2n) is 5.51. The topological polar surface area (TPSA) is 25.8 Å². The molecule has 1 aliphatic rings. The van der Waals surface area contributed by atoms with Gasteiger partial charge in [0, 0.05) is 12.4 Å². The van der Waals surface area contributed by atoms with Gasteiger partial charge in [-0.1, -0.05) is 60.7 Å². The number of allylic oxidation sites excluding steroid dienone is 1. The minimum absolute atomic E-state index is 0.949. The van der Waals surface area contributed by atoms with Crippen LogP contribution in [-0.4, -0.2) is 9.97 Å². The molecule has 23 heavy (non-hydrogen) atoms. The standard InChI is InChI=1S/C13H10.C8H6N2/c1-4-10-6-2-8-12-9-3-7-11(5-1)13(10)12;1-2-4-8-7(3-1)9-5-6-10-8/h1-8H,9H2;1-6H. The Hall–Kier alpha value is -3.00. The van der Waals surface area contributed by atoms with E-state index < -0.39 is 0 Å². The van der Waals surface area contributed by atoms with Gasteiger partial charge in [-0.3, -0.25) is 9.97 Å². The summed E-state index contributed by atoms with van der Waals surface area (Å²) >= 11 is 0. The van der Waals surface area contributed by atoms with Crippen LogP contribution in [0.4, 0.5) is 0 Å². The molecular formula is C21H16N2. The van der Waals surface area contributed by atoms with E-state index in [-0.39, 0.29) is 0 Å². The van der Waals surface area contributed by atoms with E-state index in [1.807, 2.05) is 24.3 Å². The van der Waals surface area contributed by atoms with Gasteiger partial charge in [0.2, 0.25) is 0 Å². The predicted molar refractivity (Wildman–Crippen MR) is 96.2 cm³/mol. The van der Waals surface area contributed by atoms with Crippen LogP contribution in [0.15, 0.2) is 79.1 Å². The first-order chi connectivity index (χ1) is 11.4. The lowest BCUT2D eigenvalue weighted by Gasteiger charge is -2.11. The van der Waals surface area contributed by atoms with Crippen LogP contribution in [0.5, 0.6) is 0 Å². The number of benzene rings is 3. The van der Waals surface area contributed by atoms with E-state index >= 15 is 0 Å². The molecule has 110 valence electrons. The lowest BCUT2D eigenvalue weighted by molar-refractivity contribution is 1.29. The van der Waals surface area contributed by atoms with Crippen LogP contribution in [0.2, 0.25) is 0 Å². The van der Waals surface area contributed by atoms with Crippen LogP contribution in [0.3, 0.4) is 0 Å². The highest BCUT2D eigenvalue weighted by molar-refractivity contribution is 5.94. The average Bonchev–Trinajstić information content (AvgIpc) is 2.63. The highest BCUT2D eigenvalue weighted by Crippen LogP contribution is 2.27. The van der Waals surface area contributed by atoms with Crippen molar-refractivity contribution in [2.75, 3.05) is 0 Å². The molecular weight excluding hydrogens is 280 g/mol. The molecule has 2 nitrogen and oxygen atoms in total. The van der Waals surface area contributed by atoms with Gasteiger partial charge in [-0.2, -0.15) is 0 Å². The van der Waals surface area contributed by atoms with E-state index in [0.717, 1.165) is 17.5 Å². The molecule has 0 N–H and O–H groups in total. The van der Waals surface area contributed by atoms with Crippen molar-refractivity contribution < 1.29 is 0 Å². The molecule has 0 fully saturated rings. The average molecular weight is 296 g/mol. The van der Waals surface area contributed by atoms with Crippen molar-refractivity contribution in [1.82, 2.24) is 9.97 Å². The van der Waals surface area contributed by atoms with E-state index in [9.17, 15) is 0 Å². The third-order valence-electron chi connectivity index (χ3n) is 4.03. The van der Waals surface area contributed by atoms with Crippen molar-refractivity contribution in [3.05, 3.63) is 90.3 Å².